The van der Waals surface area contributed by atoms with Crippen molar-refractivity contribution < 1.29 is 4.74 Å². The van der Waals surface area contributed by atoms with Crippen LogP contribution in [-0.4, -0.2) is 32.8 Å². The van der Waals surface area contributed by atoms with Crippen LogP contribution in [0.1, 0.15) is 27.2 Å². The van der Waals surface area contributed by atoms with Crippen LogP contribution in [0.25, 0.3) is 0 Å². The standard InChI is InChI=1S/C12H25N3O.HI/c1-10(2)8-14-11(13)15-9-12(3,4)6-7-16-5;/h1,6-9H2,2-5H3,(H3,13,14,15);1H. The summed E-state index contributed by atoms with van der Waals surface area (Å²) >= 11 is 0. The van der Waals surface area contributed by atoms with Gasteiger partial charge in [0.25, 0.3) is 0 Å². The van der Waals surface area contributed by atoms with E-state index in [1.165, 1.54) is 0 Å². The number of ether oxygens (including phenoxy) is 1. The summed E-state index contributed by atoms with van der Waals surface area (Å²) in [6.45, 7) is 12.2. The summed E-state index contributed by atoms with van der Waals surface area (Å²) in [4.78, 5) is 4.31. The fourth-order valence-electron chi connectivity index (χ4n) is 1.05. The van der Waals surface area contributed by atoms with Crippen LogP contribution in [0.4, 0.5) is 0 Å². The minimum atomic E-state index is 0. The van der Waals surface area contributed by atoms with Crippen LogP contribution in [0.15, 0.2) is 17.1 Å². The lowest BCUT2D eigenvalue weighted by Crippen LogP contribution is -2.34. The molecule has 0 saturated carbocycles. The van der Waals surface area contributed by atoms with Gasteiger partial charge in [0, 0.05) is 26.8 Å². The maximum Gasteiger partial charge on any atom is 0.188 e. The zero-order chi connectivity index (χ0) is 12.6. The van der Waals surface area contributed by atoms with E-state index in [2.05, 4.69) is 30.7 Å². The van der Waals surface area contributed by atoms with Crippen LogP contribution in [0, 0.1) is 5.41 Å². The summed E-state index contributed by atoms with van der Waals surface area (Å²) in [5.41, 5.74) is 6.88. The van der Waals surface area contributed by atoms with Gasteiger partial charge in [-0.1, -0.05) is 26.0 Å². The summed E-state index contributed by atoms with van der Waals surface area (Å²) in [5, 5.41) is 3.01. The van der Waals surface area contributed by atoms with E-state index in [1.54, 1.807) is 7.11 Å². The molecule has 3 N–H and O–H groups in total. The Morgan fingerprint density at radius 3 is 2.53 bits per heavy atom. The van der Waals surface area contributed by atoms with E-state index in [1.807, 2.05) is 6.92 Å². The lowest BCUT2D eigenvalue weighted by molar-refractivity contribution is 0.155. The number of rotatable bonds is 7. The first-order valence-electron chi connectivity index (χ1n) is 5.54. The van der Waals surface area contributed by atoms with Gasteiger partial charge in [-0.05, 0) is 18.8 Å². The van der Waals surface area contributed by atoms with Gasteiger partial charge >= 0.3 is 0 Å². The zero-order valence-corrected chi connectivity index (χ0v) is 13.7. The highest BCUT2D eigenvalue weighted by molar-refractivity contribution is 14.0. The first kappa shape index (κ1) is 19.0. The summed E-state index contributed by atoms with van der Waals surface area (Å²) in [6.07, 6.45) is 0.973. The van der Waals surface area contributed by atoms with Crippen molar-refractivity contribution in [2.45, 2.75) is 27.2 Å². The second-order valence-electron chi connectivity index (χ2n) is 4.92. The number of hydrogen-bond acceptors (Lipinski definition) is 2. The van der Waals surface area contributed by atoms with E-state index in [0.29, 0.717) is 19.0 Å². The first-order chi connectivity index (χ1) is 7.37. The zero-order valence-electron chi connectivity index (χ0n) is 11.4. The predicted molar refractivity (Wildman–Crippen MR) is 85.0 cm³/mol. The van der Waals surface area contributed by atoms with Gasteiger partial charge in [-0.25, -0.2) is 0 Å². The van der Waals surface area contributed by atoms with E-state index in [-0.39, 0.29) is 29.4 Å². The van der Waals surface area contributed by atoms with Gasteiger partial charge in [0.2, 0.25) is 0 Å². The molecule has 4 nitrogen and oxygen atoms in total. The Labute approximate surface area is 122 Å². The number of guanidine groups is 1. The molecule has 17 heavy (non-hydrogen) atoms. The van der Waals surface area contributed by atoms with Crippen molar-refractivity contribution in [3.63, 3.8) is 0 Å². The third-order valence-corrected chi connectivity index (χ3v) is 2.23. The van der Waals surface area contributed by atoms with E-state index in [4.69, 9.17) is 10.5 Å². The van der Waals surface area contributed by atoms with Crippen LogP contribution in [0.3, 0.4) is 0 Å². The minimum absolute atomic E-state index is 0. The molecule has 0 aromatic rings. The first-order valence-corrected chi connectivity index (χ1v) is 5.54. The molecule has 5 heteroatoms. The van der Waals surface area contributed by atoms with Gasteiger partial charge in [-0.3, -0.25) is 4.99 Å². The average Bonchev–Trinajstić information content (AvgIpc) is 2.21. The Morgan fingerprint density at radius 1 is 1.47 bits per heavy atom. The molecule has 0 saturated heterocycles. The fraction of sp³-hybridized carbons (Fsp3) is 0.750. The summed E-state index contributed by atoms with van der Waals surface area (Å²) in [5.74, 6) is 0.480. The SMILES string of the molecule is C=C(C)CNC(N)=NCC(C)(C)CCOC.I. The lowest BCUT2D eigenvalue weighted by atomic mass is 9.90. The van der Waals surface area contributed by atoms with Crippen LogP contribution in [-0.2, 0) is 4.74 Å². The smallest absolute Gasteiger partial charge is 0.188 e. The van der Waals surface area contributed by atoms with Crippen LogP contribution >= 0.6 is 24.0 Å². The molecule has 0 aliphatic carbocycles. The number of methoxy groups -OCH3 is 1. The maximum absolute atomic E-state index is 5.72. The molecular weight excluding hydrogens is 329 g/mol. The Balaban J connectivity index is 0. The van der Waals surface area contributed by atoms with Gasteiger partial charge < -0.3 is 15.8 Å². The number of aliphatic imine (C=N–C) groups is 1. The molecule has 0 unspecified atom stereocenters. The molecule has 0 aliphatic heterocycles. The largest absolute Gasteiger partial charge is 0.385 e. The van der Waals surface area contributed by atoms with E-state index in [9.17, 15) is 0 Å². The van der Waals surface area contributed by atoms with Gasteiger partial charge in [-0.15, -0.1) is 24.0 Å². The second-order valence-corrected chi connectivity index (χ2v) is 4.92. The number of nitrogens with one attached hydrogen (secondary N) is 1. The number of nitrogens with zero attached hydrogens (tertiary/aromatic N) is 1. The topological polar surface area (TPSA) is 59.6 Å². The predicted octanol–water partition coefficient (Wildman–Crippen LogP) is 2.15. The molecule has 0 fully saturated rings. The van der Waals surface area contributed by atoms with Gasteiger partial charge in [0.1, 0.15) is 0 Å². The summed E-state index contributed by atoms with van der Waals surface area (Å²) < 4.78 is 5.06. The molecule has 0 bridgehead atoms. The quantitative estimate of drug-likeness (QED) is 0.318. The van der Waals surface area contributed by atoms with Crippen molar-refractivity contribution in [1.82, 2.24) is 5.32 Å². The minimum Gasteiger partial charge on any atom is -0.385 e. The molecule has 0 aromatic carbocycles. The molecule has 0 aromatic heterocycles. The molecule has 0 rings (SSSR count). The summed E-state index contributed by atoms with van der Waals surface area (Å²) in [6, 6.07) is 0. The van der Waals surface area contributed by atoms with Crippen LogP contribution < -0.4 is 11.1 Å². The molecule has 0 spiro atoms. The number of hydrogen-bond donors (Lipinski definition) is 2. The third-order valence-electron chi connectivity index (χ3n) is 2.23. The van der Waals surface area contributed by atoms with Crippen molar-refractivity contribution in [1.29, 1.82) is 0 Å². The Bertz CT molecular complexity index is 252. The van der Waals surface area contributed by atoms with Crippen molar-refractivity contribution in [2.75, 3.05) is 26.8 Å². The highest BCUT2D eigenvalue weighted by Crippen LogP contribution is 2.20. The Morgan fingerprint density at radius 2 is 2.06 bits per heavy atom. The van der Waals surface area contributed by atoms with E-state index in [0.717, 1.165) is 18.6 Å². The number of halogens is 1. The van der Waals surface area contributed by atoms with E-state index < -0.39 is 0 Å². The monoisotopic (exact) mass is 355 g/mol. The van der Waals surface area contributed by atoms with Gasteiger partial charge in [-0.2, -0.15) is 0 Å². The van der Waals surface area contributed by atoms with Crippen LogP contribution in [0.5, 0.6) is 0 Å². The third kappa shape index (κ3) is 12.0. The van der Waals surface area contributed by atoms with Gasteiger partial charge in [0.15, 0.2) is 5.96 Å². The van der Waals surface area contributed by atoms with Crippen molar-refractivity contribution >= 4 is 29.9 Å². The molecule has 102 valence electrons. The highest BCUT2D eigenvalue weighted by Gasteiger charge is 2.16. The molecule has 0 atom stereocenters. The van der Waals surface area contributed by atoms with Crippen LogP contribution in [0.2, 0.25) is 0 Å². The highest BCUT2D eigenvalue weighted by atomic mass is 127. The Kier molecular flexibility index (Phi) is 10.9. The van der Waals surface area contributed by atoms with E-state index >= 15 is 0 Å². The van der Waals surface area contributed by atoms with Crippen molar-refractivity contribution in [3.8, 4) is 0 Å². The maximum atomic E-state index is 5.72. The lowest BCUT2D eigenvalue weighted by Gasteiger charge is -2.21. The Hall–Kier alpha value is -0.300. The number of nitrogens with two attached hydrogens (primary N) is 1. The summed E-state index contributed by atoms with van der Waals surface area (Å²) in [7, 11) is 1.71. The molecule has 0 radical (unpaired) electrons. The van der Waals surface area contributed by atoms with Crippen molar-refractivity contribution in [3.05, 3.63) is 12.2 Å². The normalized spacial score (nSPS) is 11.9. The fourth-order valence-corrected chi connectivity index (χ4v) is 1.05. The average molecular weight is 355 g/mol. The molecule has 0 heterocycles. The molecule has 0 amide bonds. The van der Waals surface area contributed by atoms with Gasteiger partial charge in [0.05, 0.1) is 0 Å². The second kappa shape index (κ2) is 9.70. The molecular formula is C12H26IN3O. The van der Waals surface area contributed by atoms with Crippen molar-refractivity contribution in [2.24, 2.45) is 16.1 Å². The molecule has 0 aliphatic rings.